The Balaban J connectivity index is 2.06. The van der Waals surface area contributed by atoms with Gasteiger partial charge in [-0.25, -0.2) is 4.98 Å². The summed E-state index contributed by atoms with van der Waals surface area (Å²) in [4.78, 5) is 31.6. The highest BCUT2D eigenvalue weighted by Gasteiger charge is 2.17. The van der Waals surface area contributed by atoms with Gasteiger partial charge in [0.15, 0.2) is 0 Å². The van der Waals surface area contributed by atoms with Crippen LogP contribution in [0.15, 0.2) is 58.1 Å². The number of methoxy groups -OCH3 is 1. The molecule has 0 saturated carbocycles. The van der Waals surface area contributed by atoms with Gasteiger partial charge in [-0.05, 0) is 42.8 Å². The topological polar surface area (TPSA) is 61.2 Å². The Hall–Kier alpha value is -2.99. The van der Waals surface area contributed by atoms with Crippen molar-refractivity contribution in [2.45, 2.75) is 26.3 Å². The molecule has 0 spiro atoms. The largest absolute Gasteiger partial charge is 0.497 e. The minimum absolute atomic E-state index is 0.178. The normalized spacial score (nSPS) is 11.2. The summed E-state index contributed by atoms with van der Waals surface area (Å²) in [5.74, 6) is 1.32. The lowest BCUT2D eigenvalue weighted by Crippen LogP contribution is -2.27. The summed E-state index contributed by atoms with van der Waals surface area (Å²) in [5.41, 5.74) is 0.313. The number of nitrogens with zero attached hydrogens (tertiary/aromatic N) is 2. The van der Waals surface area contributed by atoms with E-state index in [0.717, 1.165) is 28.9 Å². The highest BCUT2D eigenvalue weighted by molar-refractivity contribution is 7.24. The molecular formula is C22H20N2O3S. The van der Waals surface area contributed by atoms with Crippen molar-refractivity contribution in [3.63, 3.8) is 0 Å². The number of aromatic nitrogens is 2. The quantitative estimate of drug-likeness (QED) is 0.471. The van der Waals surface area contributed by atoms with E-state index in [0.29, 0.717) is 22.6 Å². The predicted octanol–water partition coefficient (Wildman–Crippen LogP) is 4.45. The molecule has 0 aliphatic heterocycles. The van der Waals surface area contributed by atoms with Crippen molar-refractivity contribution in [2.24, 2.45) is 0 Å². The Morgan fingerprint density at radius 3 is 2.54 bits per heavy atom. The molecule has 0 aliphatic carbocycles. The van der Waals surface area contributed by atoms with Gasteiger partial charge in [-0.2, -0.15) is 0 Å². The Morgan fingerprint density at radius 1 is 1.07 bits per heavy atom. The van der Waals surface area contributed by atoms with E-state index in [1.165, 1.54) is 11.3 Å². The number of ether oxygens (including phenoxy) is 1. The van der Waals surface area contributed by atoms with Crippen LogP contribution >= 0.6 is 11.3 Å². The first-order valence-electron chi connectivity index (χ1n) is 9.25. The van der Waals surface area contributed by atoms with Crippen LogP contribution in [0.1, 0.15) is 19.8 Å². The molecule has 2 aromatic carbocycles. The van der Waals surface area contributed by atoms with Gasteiger partial charge in [0.05, 0.1) is 7.11 Å². The Labute approximate surface area is 165 Å². The van der Waals surface area contributed by atoms with Crippen LogP contribution in [0.3, 0.4) is 0 Å². The maximum Gasteiger partial charge on any atom is 0.266 e. The third-order valence-electron chi connectivity index (χ3n) is 4.78. The second-order valence-electron chi connectivity index (χ2n) is 6.58. The van der Waals surface area contributed by atoms with Crippen LogP contribution in [-0.4, -0.2) is 16.7 Å². The van der Waals surface area contributed by atoms with Gasteiger partial charge in [-0.1, -0.05) is 25.5 Å². The smallest absolute Gasteiger partial charge is 0.266 e. The van der Waals surface area contributed by atoms with E-state index in [-0.39, 0.29) is 16.4 Å². The summed E-state index contributed by atoms with van der Waals surface area (Å²) < 4.78 is 7.70. The zero-order chi connectivity index (χ0) is 19.7. The van der Waals surface area contributed by atoms with E-state index in [1.54, 1.807) is 17.7 Å². The standard InChI is InChI=1S/C22H20N2O3S/c1-3-4-13-24-20(14-9-11-15(27-2)12-10-14)23-21-18(22(24)26)19(25)16-7-5-6-8-17(16)28-21/h5-12H,3-4,13H2,1-2H3. The van der Waals surface area contributed by atoms with Gasteiger partial charge in [0.25, 0.3) is 5.56 Å². The van der Waals surface area contributed by atoms with Gasteiger partial charge < -0.3 is 4.74 Å². The molecule has 0 amide bonds. The van der Waals surface area contributed by atoms with E-state index in [9.17, 15) is 9.59 Å². The molecule has 4 aromatic rings. The van der Waals surface area contributed by atoms with Crippen LogP contribution in [0.5, 0.6) is 5.75 Å². The maximum absolute atomic E-state index is 13.3. The van der Waals surface area contributed by atoms with Gasteiger partial charge in [0.2, 0.25) is 5.43 Å². The summed E-state index contributed by atoms with van der Waals surface area (Å²) >= 11 is 1.38. The Bertz CT molecular complexity index is 1270. The molecular weight excluding hydrogens is 372 g/mol. The molecule has 28 heavy (non-hydrogen) atoms. The fraction of sp³-hybridized carbons (Fsp3) is 0.227. The van der Waals surface area contributed by atoms with Crippen LogP contribution < -0.4 is 15.7 Å². The van der Waals surface area contributed by atoms with Crippen molar-refractivity contribution in [3.05, 3.63) is 69.1 Å². The van der Waals surface area contributed by atoms with Gasteiger partial charge in [-0.3, -0.25) is 14.2 Å². The van der Waals surface area contributed by atoms with Crippen LogP contribution in [0.25, 0.3) is 31.7 Å². The number of unbranched alkanes of at least 4 members (excludes halogenated alkanes) is 1. The molecule has 0 N–H and O–H groups in total. The van der Waals surface area contributed by atoms with Crippen LogP contribution in [0.4, 0.5) is 0 Å². The molecule has 5 nitrogen and oxygen atoms in total. The van der Waals surface area contributed by atoms with Crippen molar-refractivity contribution < 1.29 is 4.74 Å². The molecule has 0 bridgehead atoms. The summed E-state index contributed by atoms with van der Waals surface area (Å²) in [5, 5.41) is 0.746. The highest BCUT2D eigenvalue weighted by Crippen LogP contribution is 2.26. The average molecular weight is 392 g/mol. The highest BCUT2D eigenvalue weighted by atomic mass is 32.1. The SMILES string of the molecule is CCCCn1c(-c2ccc(OC)cc2)nc2sc3ccccc3c(=O)c2c1=O. The van der Waals surface area contributed by atoms with Gasteiger partial charge >= 0.3 is 0 Å². The van der Waals surface area contributed by atoms with E-state index in [1.807, 2.05) is 42.5 Å². The van der Waals surface area contributed by atoms with Crippen LogP contribution in [-0.2, 0) is 6.54 Å². The number of rotatable bonds is 5. The minimum Gasteiger partial charge on any atom is -0.497 e. The summed E-state index contributed by atoms with van der Waals surface area (Å²) in [6.45, 7) is 2.59. The van der Waals surface area contributed by atoms with Crippen molar-refractivity contribution >= 4 is 31.6 Å². The van der Waals surface area contributed by atoms with Gasteiger partial charge in [0, 0.05) is 22.2 Å². The lowest BCUT2D eigenvalue weighted by atomic mass is 10.1. The van der Waals surface area contributed by atoms with Crippen molar-refractivity contribution in [1.82, 2.24) is 9.55 Å². The molecule has 6 heteroatoms. The van der Waals surface area contributed by atoms with Crippen molar-refractivity contribution in [1.29, 1.82) is 0 Å². The van der Waals surface area contributed by atoms with Crippen LogP contribution in [0.2, 0.25) is 0 Å². The zero-order valence-corrected chi connectivity index (χ0v) is 16.6. The second-order valence-corrected chi connectivity index (χ2v) is 7.61. The molecule has 0 unspecified atom stereocenters. The van der Waals surface area contributed by atoms with E-state index >= 15 is 0 Å². The molecule has 142 valence electrons. The Kier molecular flexibility index (Phi) is 4.96. The summed E-state index contributed by atoms with van der Waals surface area (Å²) in [6, 6.07) is 14.8. The molecule has 4 rings (SSSR count). The lowest BCUT2D eigenvalue weighted by Gasteiger charge is -2.13. The molecule has 2 aromatic heterocycles. The first-order valence-corrected chi connectivity index (χ1v) is 10.1. The number of hydrogen-bond donors (Lipinski definition) is 0. The molecule has 0 radical (unpaired) electrons. The molecule has 2 heterocycles. The van der Waals surface area contributed by atoms with Gasteiger partial charge in [0.1, 0.15) is 21.8 Å². The first-order chi connectivity index (χ1) is 13.6. The third-order valence-corrected chi connectivity index (χ3v) is 5.85. The number of benzene rings is 2. The first kappa shape index (κ1) is 18.4. The summed E-state index contributed by atoms with van der Waals surface area (Å²) in [6.07, 6.45) is 1.78. The van der Waals surface area contributed by atoms with E-state index < -0.39 is 0 Å². The number of fused-ring (bicyclic) bond motifs is 2. The van der Waals surface area contributed by atoms with Crippen LogP contribution in [0, 0.1) is 0 Å². The maximum atomic E-state index is 13.3. The molecule has 0 aliphatic rings. The summed E-state index contributed by atoms with van der Waals surface area (Å²) in [7, 11) is 1.61. The zero-order valence-electron chi connectivity index (χ0n) is 15.8. The monoisotopic (exact) mass is 392 g/mol. The fourth-order valence-corrected chi connectivity index (χ4v) is 4.31. The Morgan fingerprint density at radius 2 is 1.82 bits per heavy atom. The van der Waals surface area contributed by atoms with Gasteiger partial charge in [-0.15, -0.1) is 11.3 Å². The fourth-order valence-electron chi connectivity index (χ4n) is 3.27. The van der Waals surface area contributed by atoms with E-state index in [4.69, 9.17) is 9.72 Å². The number of hydrogen-bond acceptors (Lipinski definition) is 5. The second kappa shape index (κ2) is 7.56. The van der Waals surface area contributed by atoms with E-state index in [2.05, 4.69) is 6.92 Å². The molecule has 0 saturated heterocycles. The third kappa shape index (κ3) is 3.10. The lowest BCUT2D eigenvalue weighted by molar-refractivity contribution is 0.415. The minimum atomic E-state index is -0.267. The van der Waals surface area contributed by atoms with Crippen molar-refractivity contribution in [2.75, 3.05) is 7.11 Å². The van der Waals surface area contributed by atoms with Crippen molar-refractivity contribution in [3.8, 4) is 17.1 Å². The average Bonchev–Trinajstić information content (AvgIpc) is 2.73. The predicted molar refractivity (Wildman–Crippen MR) is 115 cm³/mol. The molecule has 0 fully saturated rings. The molecule has 0 atom stereocenters.